The van der Waals surface area contributed by atoms with E-state index < -0.39 is 5.97 Å². The summed E-state index contributed by atoms with van der Waals surface area (Å²) in [6.07, 6.45) is 0. The minimum Gasteiger partial charge on any atom is -0.465 e. The van der Waals surface area contributed by atoms with Crippen molar-refractivity contribution < 1.29 is 14.3 Å². The highest BCUT2D eigenvalue weighted by Gasteiger charge is 2.18. The molecule has 10 heteroatoms. The summed E-state index contributed by atoms with van der Waals surface area (Å²) in [4.78, 5) is 27.5. The van der Waals surface area contributed by atoms with E-state index >= 15 is 0 Å². The number of hydrogen-bond acceptors (Lipinski definition) is 8. The first-order valence-corrected chi connectivity index (χ1v) is 12.0. The van der Waals surface area contributed by atoms with Gasteiger partial charge in [-0.1, -0.05) is 11.8 Å². The lowest BCUT2D eigenvalue weighted by Gasteiger charge is -2.21. The van der Waals surface area contributed by atoms with Crippen molar-refractivity contribution in [3.63, 3.8) is 0 Å². The fourth-order valence-corrected chi connectivity index (χ4v) is 4.89. The van der Waals surface area contributed by atoms with Gasteiger partial charge in [0.15, 0.2) is 11.0 Å². The Bertz CT molecular complexity index is 1090. The van der Waals surface area contributed by atoms with E-state index in [1.165, 1.54) is 35.9 Å². The number of nitrogens with zero attached hydrogens (tertiary/aromatic N) is 4. The summed E-state index contributed by atoms with van der Waals surface area (Å²) in [7, 11) is 3.20. The van der Waals surface area contributed by atoms with Gasteiger partial charge >= 0.3 is 5.97 Å². The van der Waals surface area contributed by atoms with Gasteiger partial charge in [-0.25, -0.2) is 4.79 Å². The number of ether oxygens (including phenoxy) is 1. The van der Waals surface area contributed by atoms with Gasteiger partial charge in [-0.2, -0.15) is 0 Å². The summed E-state index contributed by atoms with van der Waals surface area (Å²) in [6.45, 7) is 8.05. The van der Waals surface area contributed by atoms with E-state index in [4.69, 9.17) is 4.74 Å². The van der Waals surface area contributed by atoms with Gasteiger partial charge in [-0.15, -0.1) is 21.5 Å². The van der Waals surface area contributed by atoms with Crippen LogP contribution in [0.1, 0.15) is 29.1 Å². The van der Waals surface area contributed by atoms with Gasteiger partial charge in [-0.3, -0.25) is 4.79 Å². The first-order valence-electron chi connectivity index (χ1n) is 10.2. The Morgan fingerprint density at radius 1 is 1.19 bits per heavy atom. The first kappa shape index (κ1) is 23.8. The van der Waals surface area contributed by atoms with Gasteiger partial charge < -0.3 is 19.5 Å². The maximum absolute atomic E-state index is 12.5. The molecule has 0 unspecified atom stereocenters. The molecule has 0 saturated carbocycles. The third kappa shape index (κ3) is 5.31. The van der Waals surface area contributed by atoms with Gasteiger partial charge in [-0.05, 0) is 51.1 Å². The van der Waals surface area contributed by atoms with Crippen LogP contribution in [0, 0.1) is 6.92 Å². The van der Waals surface area contributed by atoms with Crippen LogP contribution in [0.2, 0.25) is 0 Å². The zero-order chi connectivity index (χ0) is 23.3. The SMILES string of the molecule is CCN(CC)c1ccc(-c2nnc(SCC(=O)Nc3sc(C)cc3C(=O)OC)n2C)cc1. The van der Waals surface area contributed by atoms with Crippen LogP contribution in [-0.4, -0.2) is 52.6 Å². The number of carbonyl (C=O) groups excluding carboxylic acids is 2. The molecular weight excluding hydrogens is 446 g/mol. The molecule has 2 heterocycles. The van der Waals surface area contributed by atoms with Crippen LogP contribution in [0.15, 0.2) is 35.5 Å². The Labute approximate surface area is 196 Å². The highest BCUT2D eigenvalue weighted by Crippen LogP contribution is 2.29. The van der Waals surface area contributed by atoms with Crippen molar-refractivity contribution in [2.75, 3.05) is 36.2 Å². The average molecular weight is 474 g/mol. The fraction of sp³-hybridized carbons (Fsp3) is 0.364. The summed E-state index contributed by atoms with van der Waals surface area (Å²) in [5.41, 5.74) is 2.49. The van der Waals surface area contributed by atoms with Crippen LogP contribution in [0.25, 0.3) is 11.4 Å². The minimum absolute atomic E-state index is 0.143. The van der Waals surface area contributed by atoms with E-state index in [-0.39, 0.29) is 11.7 Å². The lowest BCUT2D eigenvalue weighted by molar-refractivity contribution is -0.113. The molecule has 3 aromatic rings. The summed E-state index contributed by atoms with van der Waals surface area (Å²) in [6, 6.07) is 9.94. The number of benzene rings is 1. The Morgan fingerprint density at radius 2 is 1.88 bits per heavy atom. The van der Waals surface area contributed by atoms with Crippen molar-refractivity contribution in [1.29, 1.82) is 0 Å². The molecule has 2 aromatic heterocycles. The summed E-state index contributed by atoms with van der Waals surface area (Å²) < 4.78 is 6.66. The molecule has 0 spiro atoms. The molecule has 1 N–H and O–H groups in total. The second-order valence-electron chi connectivity index (χ2n) is 7.01. The number of aromatic nitrogens is 3. The largest absolute Gasteiger partial charge is 0.465 e. The van der Waals surface area contributed by atoms with Crippen molar-refractivity contribution >= 4 is 45.7 Å². The number of thioether (sulfide) groups is 1. The smallest absolute Gasteiger partial charge is 0.340 e. The maximum atomic E-state index is 12.5. The van der Waals surface area contributed by atoms with Crippen LogP contribution in [0.5, 0.6) is 0 Å². The molecule has 1 aromatic carbocycles. The van der Waals surface area contributed by atoms with E-state index in [9.17, 15) is 9.59 Å². The zero-order valence-electron chi connectivity index (χ0n) is 18.8. The molecule has 0 aliphatic rings. The number of rotatable bonds is 9. The summed E-state index contributed by atoms with van der Waals surface area (Å²) >= 11 is 2.63. The van der Waals surface area contributed by atoms with Gasteiger partial charge in [0.1, 0.15) is 5.00 Å². The molecule has 8 nitrogen and oxygen atoms in total. The van der Waals surface area contributed by atoms with Gasteiger partial charge in [0.05, 0.1) is 18.4 Å². The zero-order valence-corrected chi connectivity index (χ0v) is 20.5. The predicted octanol–water partition coefficient (Wildman–Crippen LogP) is 4.22. The standard InChI is InChI=1S/C22H27N5O3S2/c1-6-27(7-2)16-10-8-15(9-11-16)19-24-25-22(26(19)4)31-13-18(28)23-20-17(21(29)30-5)12-14(3)32-20/h8-12H,6-7,13H2,1-5H3,(H,23,28). The number of methoxy groups -OCH3 is 1. The van der Waals surface area contributed by atoms with Gasteiger partial charge in [0, 0.05) is 36.3 Å². The number of hydrogen-bond donors (Lipinski definition) is 1. The van der Waals surface area contributed by atoms with Gasteiger partial charge in [0.25, 0.3) is 0 Å². The summed E-state index contributed by atoms with van der Waals surface area (Å²) in [5.74, 6) is 0.183. The number of nitrogens with one attached hydrogen (secondary N) is 1. The summed E-state index contributed by atoms with van der Waals surface area (Å²) in [5, 5.41) is 12.5. The molecule has 3 rings (SSSR count). The second-order valence-corrected chi connectivity index (χ2v) is 9.21. The van der Waals surface area contributed by atoms with E-state index in [0.717, 1.165) is 29.4 Å². The quantitative estimate of drug-likeness (QED) is 0.368. The molecule has 170 valence electrons. The van der Waals surface area contributed by atoms with Gasteiger partial charge in [0.2, 0.25) is 5.91 Å². The number of anilines is 2. The Balaban J connectivity index is 1.65. The monoisotopic (exact) mass is 473 g/mol. The molecule has 0 aliphatic heterocycles. The molecule has 0 aliphatic carbocycles. The molecule has 0 bridgehead atoms. The van der Waals surface area contributed by atoms with E-state index in [1.807, 2.05) is 30.7 Å². The number of amides is 1. The van der Waals surface area contributed by atoms with Crippen LogP contribution < -0.4 is 10.2 Å². The number of aryl methyl sites for hydroxylation is 1. The van der Waals surface area contributed by atoms with Crippen molar-refractivity contribution in [2.24, 2.45) is 7.05 Å². The van der Waals surface area contributed by atoms with E-state index in [0.29, 0.717) is 15.7 Å². The number of esters is 1. The van der Waals surface area contributed by atoms with E-state index in [1.54, 1.807) is 6.07 Å². The van der Waals surface area contributed by atoms with Crippen LogP contribution >= 0.6 is 23.1 Å². The second kappa shape index (κ2) is 10.6. The minimum atomic E-state index is -0.470. The average Bonchev–Trinajstić information content (AvgIpc) is 3.35. The molecule has 0 saturated heterocycles. The lowest BCUT2D eigenvalue weighted by Crippen LogP contribution is -2.21. The third-order valence-electron chi connectivity index (χ3n) is 4.93. The highest BCUT2D eigenvalue weighted by atomic mass is 32.2. The maximum Gasteiger partial charge on any atom is 0.340 e. The number of carbonyl (C=O) groups is 2. The molecule has 0 atom stereocenters. The van der Waals surface area contributed by atoms with Crippen molar-refractivity contribution in [3.8, 4) is 11.4 Å². The Morgan fingerprint density at radius 3 is 2.50 bits per heavy atom. The van der Waals surface area contributed by atoms with Crippen LogP contribution in [-0.2, 0) is 16.6 Å². The van der Waals surface area contributed by atoms with E-state index in [2.05, 4.69) is 46.4 Å². The van der Waals surface area contributed by atoms with Crippen molar-refractivity contribution in [3.05, 3.63) is 40.8 Å². The molecule has 1 amide bonds. The predicted molar refractivity (Wildman–Crippen MR) is 130 cm³/mol. The van der Waals surface area contributed by atoms with Crippen molar-refractivity contribution in [1.82, 2.24) is 14.8 Å². The lowest BCUT2D eigenvalue weighted by atomic mass is 10.2. The third-order valence-corrected chi connectivity index (χ3v) is 6.92. The first-order chi connectivity index (χ1) is 15.4. The fourth-order valence-electron chi connectivity index (χ4n) is 3.26. The molecule has 0 fully saturated rings. The highest BCUT2D eigenvalue weighted by molar-refractivity contribution is 7.99. The van der Waals surface area contributed by atoms with Crippen LogP contribution in [0.4, 0.5) is 10.7 Å². The van der Waals surface area contributed by atoms with Crippen molar-refractivity contribution in [2.45, 2.75) is 25.9 Å². The normalized spacial score (nSPS) is 10.8. The molecule has 0 radical (unpaired) electrons. The molecular formula is C22H27N5O3S2. The van der Waals surface area contributed by atoms with Crippen LogP contribution in [0.3, 0.4) is 0 Å². The Hall–Kier alpha value is -2.85. The topological polar surface area (TPSA) is 89.3 Å². The Kier molecular flexibility index (Phi) is 7.92. The molecule has 32 heavy (non-hydrogen) atoms. The number of thiophene rings is 1.